The Bertz CT molecular complexity index is 1690. The maximum Gasteiger partial charge on any atom is 0.331 e. The van der Waals surface area contributed by atoms with Crippen molar-refractivity contribution in [3.05, 3.63) is 47.5 Å². The molecule has 3 aliphatic heterocycles. The Morgan fingerprint density at radius 2 is 1.73 bits per heavy atom. The second-order valence-corrected chi connectivity index (χ2v) is 19.7. The number of hydrogen-bond acceptors (Lipinski definition) is 8. The zero-order valence-corrected chi connectivity index (χ0v) is 33.7. The molecule has 3 heterocycles. The molecule has 7 aliphatic rings. The number of ether oxygens (including phenoxy) is 2. The summed E-state index contributed by atoms with van der Waals surface area (Å²) in [7, 11) is 0. The number of fused-ring (bicyclic) bond motifs is 3. The zero-order valence-electron chi connectivity index (χ0n) is 33.7. The zero-order chi connectivity index (χ0) is 38.5. The summed E-state index contributed by atoms with van der Waals surface area (Å²) in [6.45, 7) is 7.06. The Balaban J connectivity index is 1.23. The number of carbonyl (C=O) groups excluding carboxylic acids is 2. The summed E-state index contributed by atoms with van der Waals surface area (Å²) >= 11 is 0. The normalized spacial score (nSPS) is 40.9. The predicted molar refractivity (Wildman–Crippen MR) is 212 cm³/mol. The van der Waals surface area contributed by atoms with Crippen LogP contribution in [-0.2, 0) is 25.5 Å². The van der Waals surface area contributed by atoms with Crippen LogP contribution in [0, 0.1) is 51.3 Å². The van der Waals surface area contributed by atoms with Gasteiger partial charge in [0.2, 0.25) is 0 Å². The first-order valence-electron chi connectivity index (χ1n) is 22.0. The molecule has 0 unspecified atom stereocenters. The van der Waals surface area contributed by atoms with Gasteiger partial charge in [-0.25, -0.2) is 10.2 Å². The quantitative estimate of drug-likeness (QED) is 0.133. The SMILES string of the molecule is C[C@H](CCCc1ccccc1)CCC[C@@]12[C@@H](O)CC[C@@]3(C)[C@@H]4CCC[C@@H]4NN[C@@]4(C[C@](C)(C#CCC5(CCCCC5)C(=O)O4)[C@]1(O)CCC1=CC(=O)OC1)[C@@H]32. The van der Waals surface area contributed by atoms with Gasteiger partial charge in [-0.15, -0.1) is 5.92 Å². The number of aliphatic hydroxyl groups is 2. The van der Waals surface area contributed by atoms with Crippen LogP contribution < -0.4 is 10.9 Å². The lowest BCUT2D eigenvalue weighted by molar-refractivity contribution is -0.343. The molecule has 10 atom stereocenters. The molecular weight excluding hydrogens is 689 g/mol. The predicted octanol–water partition coefficient (Wildman–Crippen LogP) is 7.86. The highest BCUT2D eigenvalue weighted by molar-refractivity contribution is 5.85. The maximum absolute atomic E-state index is 15.0. The van der Waals surface area contributed by atoms with Gasteiger partial charge in [0.05, 0.1) is 22.5 Å². The first-order valence-corrected chi connectivity index (χ1v) is 22.0. The Labute approximate surface area is 329 Å². The van der Waals surface area contributed by atoms with Crippen LogP contribution in [0.25, 0.3) is 0 Å². The van der Waals surface area contributed by atoms with Gasteiger partial charge in [0.15, 0.2) is 5.72 Å². The Kier molecular flexibility index (Phi) is 10.6. The minimum Gasteiger partial charge on any atom is -0.458 e. The second-order valence-electron chi connectivity index (χ2n) is 19.7. The van der Waals surface area contributed by atoms with Gasteiger partial charge in [-0.1, -0.05) is 95.0 Å². The monoisotopic (exact) mass is 754 g/mol. The molecule has 8 nitrogen and oxygen atoms in total. The average molecular weight is 755 g/mol. The van der Waals surface area contributed by atoms with Gasteiger partial charge in [0, 0.05) is 36.3 Å². The van der Waals surface area contributed by atoms with E-state index in [0.29, 0.717) is 50.4 Å². The topological polar surface area (TPSA) is 117 Å². The number of rotatable bonds is 11. The van der Waals surface area contributed by atoms with E-state index in [1.807, 2.05) is 0 Å². The number of aryl methyl sites for hydroxylation is 1. The molecule has 1 aromatic carbocycles. The van der Waals surface area contributed by atoms with Crippen molar-refractivity contribution in [2.75, 3.05) is 6.61 Å². The molecule has 1 saturated heterocycles. The van der Waals surface area contributed by atoms with Crippen molar-refractivity contribution < 1.29 is 29.3 Å². The van der Waals surface area contributed by atoms with E-state index in [1.165, 1.54) is 5.56 Å². The number of hydrogen-bond donors (Lipinski definition) is 4. The van der Waals surface area contributed by atoms with E-state index in [9.17, 15) is 19.8 Å². The summed E-state index contributed by atoms with van der Waals surface area (Å²) in [6, 6.07) is 10.9. The molecule has 5 fully saturated rings. The summed E-state index contributed by atoms with van der Waals surface area (Å²) in [5, 5.41) is 27.2. The van der Waals surface area contributed by atoms with E-state index in [1.54, 1.807) is 6.08 Å². The molecule has 4 saturated carbocycles. The molecule has 0 amide bonds. The van der Waals surface area contributed by atoms with Crippen molar-refractivity contribution in [2.45, 2.75) is 173 Å². The van der Waals surface area contributed by atoms with Crippen LogP contribution in [0.4, 0.5) is 0 Å². The van der Waals surface area contributed by atoms with Gasteiger partial charge in [-0.05, 0) is 106 Å². The van der Waals surface area contributed by atoms with E-state index in [2.05, 4.69) is 73.8 Å². The summed E-state index contributed by atoms with van der Waals surface area (Å²) in [6.07, 6.45) is 17.2. The summed E-state index contributed by atoms with van der Waals surface area (Å²) in [4.78, 5) is 27.2. The van der Waals surface area contributed by atoms with E-state index >= 15 is 0 Å². The first-order chi connectivity index (χ1) is 26.4. The molecule has 4 N–H and O–H groups in total. The van der Waals surface area contributed by atoms with Crippen molar-refractivity contribution in [1.29, 1.82) is 0 Å². The molecular formula is C47H66N2O6. The molecule has 8 heteroatoms. The fourth-order valence-electron chi connectivity index (χ4n) is 13.8. The molecule has 1 aromatic rings. The van der Waals surface area contributed by atoms with Crippen LogP contribution in [-0.4, -0.2) is 52.2 Å². The number of esters is 2. The van der Waals surface area contributed by atoms with Crippen molar-refractivity contribution in [2.24, 2.45) is 39.4 Å². The largest absolute Gasteiger partial charge is 0.458 e. The third kappa shape index (κ3) is 6.52. The van der Waals surface area contributed by atoms with Crippen LogP contribution in [0.2, 0.25) is 0 Å². The second kappa shape index (κ2) is 14.9. The van der Waals surface area contributed by atoms with Crippen LogP contribution in [0.15, 0.2) is 42.0 Å². The third-order valence-electron chi connectivity index (χ3n) is 16.5. The van der Waals surface area contributed by atoms with Gasteiger partial charge in [0.1, 0.15) is 6.61 Å². The number of hydrazine groups is 1. The summed E-state index contributed by atoms with van der Waals surface area (Å²) < 4.78 is 12.6. The average Bonchev–Trinajstić information content (AvgIpc) is 3.82. The van der Waals surface area contributed by atoms with Crippen LogP contribution in [0.1, 0.15) is 148 Å². The van der Waals surface area contributed by atoms with E-state index < -0.39 is 33.7 Å². The van der Waals surface area contributed by atoms with E-state index in [0.717, 1.165) is 95.5 Å². The van der Waals surface area contributed by atoms with Crippen LogP contribution in [0.3, 0.4) is 0 Å². The van der Waals surface area contributed by atoms with Gasteiger partial charge < -0.3 is 19.7 Å². The minimum atomic E-state index is -1.46. The van der Waals surface area contributed by atoms with E-state index in [-0.39, 0.29) is 35.9 Å². The minimum absolute atomic E-state index is 0.160. The van der Waals surface area contributed by atoms with Crippen LogP contribution in [0.5, 0.6) is 0 Å². The number of nitrogens with one attached hydrogen (secondary N) is 2. The van der Waals surface area contributed by atoms with Gasteiger partial charge in [-0.2, -0.15) is 0 Å². The molecule has 4 aliphatic carbocycles. The fraction of sp³-hybridized carbons (Fsp3) is 0.745. The molecule has 55 heavy (non-hydrogen) atoms. The molecule has 8 rings (SSSR count). The lowest BCUT2D eigenvalue weighted by atomic mass is 9.34. The highest BCUT2D eigenvalue weighted by Gasteiger charge is 2.80. The number of aliphatic hydroxyl groups excluding tert-OH is 1. The Morgan fingerprint density at radius 3 is 2.49 bits per heavy atom. The molecule has 2 spiro atoms. The number of benzene rings is 1. The smallest absolute Gasteiger partial charge is 0.331 e. The van der Waals surface area contributed by atoms with Crippen molar-refractivity contribution in [3.63, 3.8) is 0 Å². The van der Waals surface area contributed by atoms with Gasteiger partial charge in [0.25, 0.3) is 0 Å². The Morgan fingerprint density at radius 1 is 0.945 bits per heavy atom. The Hall–Kier alpha value is -2.70. The van der Waals surface area contributed by atoms with Gasteiger partial charge >= 0.3 is 11.9 Å². The van der Waals surface area contributed by atoms with Crippen molar-refractivity contribution in [3.8, 4) is 11.8 Å². The lowest BCUT2D eigenvalue weighted by Crippen LogP contribution is -2.81. The first kappa shape index (κ1) is 39.1. The third-order valence-corrected chi connectivity index (χ3v) is 16.5. The van der Waals surface area contributed by atoms with E-state index in [4.69, 9.17) is 9.47 Å². The van der Waals surface area contributed by atoms with Crippen molar-refractivity contribution >= 4 is 11.9 Å². The summed E-state index contributed by atoms with van der Waals surface area (Å²) in [5.74, 6) is 7.16. The fourth-order valence-corrected chi connectivity index (χ4v) is 13.8. The molecule has 300 valence electrons. The van der Waals surface area contributed by atoms with Crippen molar-refractivity contribution in [1.82, 2.24) is 10.9 Å². The highest BCUT2D eigenvalue weighted by Crippen LogP contribution is 2.74. The lowest BCUT2D eigenvalue weighted by Gasteiger charge is -2.72. The maximum atomic E-state index is 15.0. The standard InChI is InChI=1S/C47H66N2O6/c1-33(14-10-18-34-16-6-4-7-17-34)15-12-27-45-38(50)22-28-43(3)36-19-11-20-37(36)48-49-46(40(43)45)32-42(2,47(45,53)29-21-35-30-39(51)54-31-35)23-13-26-44(41(52)55-46)24-8-5-9-25-44/h4,6-7,16-17,30,33,36-38,40,48-50,53H,5,8-12,14-15,18-22,24-29,31-32H2,1-3H3/t33-,36-,37+,38+,40+,42+,43+,45+,46-,47-/m1/s1. The molecule has 0 aromatic heterocycles. The van der Waals surface area contributed by atoms with Gasteiger partial charge in [-0.3, -0.25) is 10.2 Å². The summed E-state index contributed by atoms with van der Waals surface area (Å²) in [5.41, 5.74) is 4.07. The highest BCUT2D eigenvalue weighted by atomic mass is 16.6. The molecule has 2 bridgehead atoms. The molecule has 0 radical (unpaired) electrons. The van der Waals surface area contributed by atoms with Crippen LogP contribution >= 0.6 is 0 Å². The number of carbonyl (C=O) groups is 2. The number of cyclic esters (lactones) is 1.